The summed E-state index contributed by atoms with van der Waals surface area (Å²) >= 11 is 0. The molecule has 1 aromatic rings. The molecule has 1 fully saturated rings. The highest BCUT2D eigenvalue weighted by Crippen LogP contribution is 2.19. The quantitative estimate of drug-likeness (QED) is 0.788. The van der Waals surface area contributed by atoms with Gasteiger partial charge in [-0.15, -0.1) is 12.4 Å². The maximum Gasteiger partial charge on any atom is 0.226 e. The Balaban J connectivity index is 0.00000220. The molecule has 6 heteroatoms. The van der Waals surface area contributed by atoms with Gasteiger partial charge in [-0.3, -0.25) is 9.78 Å². The summed E-state index contributed by atoms with van der Waals surface area (Å²) in [6.45, 7) is 1.15. The number of nitrogens with two attached hydrogens (primary N) is 1. The van der Waals surface area contributed by atoms with Crippen LogP contribution in [-0.4, -0.2) is 30.1 Å². The molecule has 0 aromatic carbocycles. The zero-order valence-corrected chi connectivity index (χ0v) is 13.0. The van der Waals surface area contributed by atoms with Crippen LogP contribution in [0.3, 0.4) is 0 Å². The van der Waals surface area contributed by atoms with Gasteiger partial charge in [0.15, 0.2) is 0 Å². The first-order chi connectivity index (χ1) is 9.74. The highest BCUT2D eigenvalue weighted by atomic mass is 35.5. The Morgan fingerprint density at radius 2 is 2.10 bits per heavy atom. The number of carbonyl (C=O) groups excluding carboxylic acids is 1. The second-order valence-electron chi connectivity index (χ2n) is 5.24. The third kappa shape index (κ3) is 6.78. The molecule has 0 spiro atoms. The number of hydrogen-bond donors (Lipinski definition) is 2. The van der Waals surface area contributed by atoms with E-state index < -0.39 is 0 Å². The van der Waals surface area contributed by atoms with Gasteiger partial charge in [0.2, 0.25) is 5.91 Å². The van der Waals surface area contributed by atoms with Crippen LogP contribution in [0.2, 0.25) is 0 Å². The Morgan fingerprint density at radius 3 is 2.76 bits per heavy atom. The molecule has 5 nitrogen and oxygen atoms in total. The summed E-state index contributed by atoms with van der Waals surface area (Å²) in [7, 11) is 0. The number of anilines is 1. The molecular formula is C15H24ClN3O2. The predicted molar refractivity (Wildman–Crippen MR) is 85.4 cm³/mol. The Bertz CT molecular complexity index is 419. The van der Waals surface area contributed by atoms with E-state index in [4.69, 9.17) is 10.5 Å². The number of rotatable bonds is 6. The van der Waals surface area contributed by atoms with Crippen molar-refractivity contribution in [3.63, 3.8) is 0 Å². The molecule has 0 radical (unpaired) electrons. The number of nitrogens with one attached hydrogen (secondary N) is 1. The van der Waals surface area contributed by atoms with Gasteiger partial charge < -0.3 is 15.8 Å². The standard InChI is InChI=1S/C15H23N3O2.ClH/c16-12-6-7-13(18-11-12)10-15(19)17-8-9-20-14-4-2-1-3-5-14;/h6-7,11,14H,1-5,8-10,16H2,(H,17,19);1H. The van der Waals surface area contributed by atoms with Gasteiger partial charge in [-0.2, -0.15) is 0 Å². The Labute approximate surface area is 132 Å². The van der Waals surface area contributed by atoms with Crippen LogP contribution in [-0.2, 0) is 16.0 Å². The molecule has 118 valence electrons. The number of carbonyl (C=O) groups is 1. The lowest BCUT2D eigenvalue weighted by molar-refractivity contribution is -0.120. The third-order valence-corrected chi connectivity index (χ3v) is 3.52. The van der Waals surface area contributed by atoms with Crippen molar-refractivity contribution in [3.8, 4) is 0 Å². The Hall–Kier alpha value is -1.33. The van der Waals surface area contributed by atoms with Gasteiger partial charge in [-0.05, 0) is 25.0 Å². The summed E-state index contributed by atoms with van der Waals surface area (Å²) in [5.74, 6) is -0.0329. The minimum Gasteiger partial charge on any atom is -0.397 e. The number of aromatic nitrogens is 1. The molecule has 1 aromatic heterocycles. The molecule has 1 aliphatic rings. The molecule has 0 bridgehead atoms. The van der Waals surface area contributed by atoms with E-state index in [-0.39, 0.29) is 24.7 Å². The second kappa shape index (κ2) is 9.58. The van der Waals surface area contributed by atoms with E-state index >= 15 is 0 Å². The molecule has 0 aliphatic heterocycles. The van der Waals surface area contributed by atoms with Gasteiger partial charge in [-0.25, -0.2) is 0 Å². The molecule has 2 rings (SSSR count). The van der Waals surface area contributed by atoms with E-state index in [2.05, 4.69) is 10.3 Å². The van der Waals surface area contributed by atoms with E-state index in [1.807, 2.05) is 0 Å². The van der Waals surface area contributed by atoms with E-state index in [1.54, 1.807) is 18.3 Å². The van der Waals surface area contributed by atoms with Gasteiger partial charge >= 0.3 is 0 Å². The summed E-state index contributed by atoms with van der Waals surface area (Å²) in [6, 6.07) is 3.52. The summed E-state index contributed by atoms with van der Waals surface area (Å²) in [4.78, 5) is 15.8. The van der Waals surface area contributed by atoms with Crippen molar-refractivity contribution in [1.29, 1.82) is 0 Å². The van der Waals surface area contributed by atoms with Crippen LogP contribution in [0.4, 0.5) is 5.69 Å². The summed E-state index contributed by atoms with van der Waals surface area (Å²) in [6.07, 6.45) is 8.40. The molecule has 1 saturated carbocycles. The SMILES string of the molecule is Cl.Nc1ccc(CC(=O)NCCOC2CCCCC2)nc1. The molecule has 0 unspecified atom stereocenters. The highest BCUT2D eigenvalue weighted by Gasteiger charge is 2.13. The largest absolute Gasteiger partial charge is 0.397 e. The maximum absolute atomic E-state index is 11.7. The van der Waals surface area contributed by atoms with E-state index in [0.29, 0.717) is 24.9 Å². The summed E-state index contributed by atoms with van der Waals surface area (Å²) in [5.41, 5.74) is 6.88. The molecule has 0 saturated heterocycles. The van der Waals surface area contributed by atoms with Crippen molar-refractivity contribution < 1.29 is 9.53 Å². The molecular weight excluding hydrogens is 290 g/mol. The van der Waals surface area contributed by atoms with Crippen LogP contribution >= 0.6 is 12.4 Å². The number of pyridine rings is 1. The van der Waals surface area contributed by atoms with Crippen molar-refractivity contribution in [3.05, 3.63) is 24.0 Å². The van der Waals surface area contributed by atoms with Crippen molar-refractivity contribution >= 4 is 24.0 Å². The normalized spacial score (nSPS) is 15.2. The number of ether oxygens (including phenoxy) is 1. The van der Waals surface area contributed by atoms with Crippen molar-refractivity contribution in [1.82, 2.24) is 10.3 Å². The molecule has 1 heterocycles. The number of hydrogen-bond acceptors (Lipinski definition) is 4. The summed E-state index contributed by atoms with van der Waals surface area (Å²) in [5, 5.41) is 2.85. The second-order valence-corrected chi connectivity index (χ2v) is 5.24. The smallest absolute Gasteiger partial charge is 0.226 e. The first-order valence-corrected chi connectivity index (χ1v) is 7.33. The maximum atomic E-state index is 11.7. The van der Waals surface area contributed by atoms with Gasteiger partial charge in [0.05, 0.1) is 31.0 Å². The van der Waals surface area contributed by atoms with Crippen molar-refractivity contribution in [2.45, 2.75) is 44.6 Å². The van der Waals surface area contributed by atoms with Gasteiger partial charge in [0, 0.05) is 12.2 Å². The fraction of sp³-hybridized carbons (Fsp3) is 0.600. The van der Waals surface area contributed by atoms with Crippen LogP contribution in [0.5, 0.6) is 0 Å². The van der Waals surface area contributed by atoms with Crippen molar-refractivity contribution in [2.75, 3.05) is 18.9 Å². The predicted octanol–water partition coefficient (Wildman–Crippen LogP) is 2.09. The molecule has 3 N–H and O–H groups in total. The first-order valence-electron chi connectivity index (χ1n) is 7.33. The summed E-state index contributed by atoms with van der Waals surface area (Å²) < 4.78 is 5.75. The Morgan fingerprint density at radius 1 is 1.33 bits per heavy atom. The molecule has 1 amide bonds. The lowest BCUT2D eigenvalue weighted by atomic mass is 9.98. The van der Waals surface area contributed by atoms with Gasteiger partial charge in [0.25, 0.3) is 0 Å². The van der Waals surface area contributed by atoms with Crippen LogP contribution in [0.1, 0.15) is 37.8 Å². The number of nitrogens with zero attached hydrogens (tertiary/aromatic N) is 1. The van der Waals surface area contributed by atoms with Gasteiger partial charge in [-0.1, -0.05) is 19.3 Å². The number of halogens is 1. The zero-order chi connectivity index (χ0) is 14.2. The highest BCUT2D eigenvalue weighted by molar-refractivity contribution is 5.85. The first kappa shape index (κ1) is 17.7. The average Bonchev–Trinajstić information content (AvgIpc) is 2.47. The fourth-order valence-corrected chi connectivity index (χ4v) is 2.42. The van der Waals surface area contributed by atoms with E-state index in [9.17, 15) is 4.79 Å². The third-order valence-electron chi connectivity index (χ3n) is 3.52. The van der Waals surface area contributed by atoms with Crippen LogP contribution in [0, 0.1) is 0 Å². The molecule has 21 heavy (non-hydrogen) atoms. The Kier molecular flexibility index (Phi) is 8.08. The zero-order valence-electron chi connectivity index (χ0n) is 12.2. The topological polar surface area (TPSA) is 77.2 Å². The van der Waals surface area contributed by atoms with Crippen molar-refractivity contribution in [2.24, 2.45) is 0 Å². The van der Waals surface area contributed by atoms with Crippen LogP contribution < -0.4 is 11.1 Å². The lowest BCUT2D eigenvalue weighted by Gasteiger charge is -2.21. The lowest BCUT2D eigenvalue weighted by Crippen LogP contribution is -2.30. The number of amides is 1. The number of nitrogen functional groups attached to an aromatic ring is 1. The van der Waals surface area contributed by atoms with Crippen LogP contribution in [0.25, 0.3) is 0 Å². The van der Waals surface area contributed by atoms with E-state index in [1.165, 1.54) is 19.3 Å². The monoisotopic (exact) mass is 313 g/mol. The minimum absolute atomic E-state index is 0. The van der Waals surface area contributed by atoms with Crippen LogP contribution in [0.15, 0.2) is 18.3 Å². The minimum atomic E-state index is -0.0329. The average molecular weight is 314 g/mol. The fourth-order valence-electron chi connectivity index (χ4n) is 2.42. The molecule has 1 aliphatic carbocycles. The van der Waals surface area contributed by atoms with Gasteiger partial charge in [0.1, 0.15) is 0 Å². The molecule has 0 atom stereocenters. The van der Waals surface area contributed by atoms with E-state index in [0.717, 1.165) is 18.5 Å².